The first kappa shape index (κ1) is 20.7. The van der Waals surface area contributed by atoms with Crippen molar-refractivity contribution in [2.45, 2.75) is 69.9 Å². The van der Waals surface area contributed by atoms with Crippen LogP contribution in [0.4, 0.5) is 0 Å². The molecule has 2 aliphatic heterocycles. The summed E-state index contributed by atoms with van der Waals surface area (Å²) in [6, 6.07) is 0. The number of Topliss-reactive ketones (excluding diaryl/α,β-unsaturated/α-hetero) is 2. The lowest BCUT2D eigenvalue weighted by molar-refractivity contribution is -0.153. The van der Waals surface area contributed by atoms with Gasteiger partial charge in [0.2, 0.25) is 0 Å². The molecule has 0 bridgehead atoms. The van der Waals surface area contributed by atoms with Gasteiger partial charge in [-0.2, -0.15) is 0 Å². The SMILES string of the molecule is C=C1C(=O)OC2C[C@](C)(O)C(=O)C[C@H]12.C[C@H]1C(=O)OC2C[C@](C)(O)C(=O)C[C@@H]21. The maximum Gasteiger partial charge on any atom is 0.334 e. The molecule has 4 rings (SSSR count). The van der Waals surface area contributed by atoms with E-state index in [1.54, 1.807) is 6.92 Å². The van der Waals surface area contributed by atoms with Gasteiger partial charge in [0.05, 0.1) is 5.92 Å². The molecule has 154 valence electrons. The summed E-state index contributed by atoms with van der Waals surface area (Å²) < 4.78 is 10.1. The Balaban J connectivity index is 0.000000161. The van der Waals surface area contributed by atoms with Crippen molar-refractivity contribution in [2.24, 2.45) is 17.8 Å². The average molecular weight is 394 g/mol. The molecule has 4 aliphatic rings. The molecule has 2 saturated carbocycles. The molecule has 2 aliphatic carbocycles. The van der Waals surface area contributed by atoms with Gasteiger partial charge in [-0.3, -0.25) is 14.4 Å². The third-order valence-corrected chi connectivity index (χ3v) is 6.40. The van der Waals surface area contributed by atoms with E-state index >= 15 is 0 Å². The summed E-state index contributed by atoms with van der Waals surface area (Å²) in [5.41, 5.74) is -2.31. The van der Waals surface area contributed by atoms with Crippen LogP contribution in [-0.4, -0.2) is 57.1 Å². The minimum absolute atomic E-state index is 0.0322. The highest BCUT2D eigenvalue weighted by Crippen LogP contribution is 2.41. The van der Waals surface area contributed by atoms with Crippen LogP contribution in [0.5, 0.6) is 0 Å². The lowest BCUT2D eigenvalue weighted by atomic mass is 9.74. The van der Waals surface area contributed by atoms with Crippen LogP contribution < -0.4 is 0 Å². The summed E-state index contributed by atoms with van der Waals surface area (Å²) in [6.45, 7) is 8.32. The molecule has 4 fully saturated rings. The van der Waals surface area contributed by atoms with Crippen molar-refractivity contribution in [3.05, 3.63) is 12.2 Å². The van der Waals surface area contributed by atoms with Gasteiger partial charge in [0.15, 0.2) is 11.6 Å². The average Bonchev–Trinajstić information content (AvgIpc) is 2.98. The number of fused-ring (bicyclic) bond motifs is 2. The second-order valence-electron chi connectivity index (χ2n) is 8.71. The Bertz CT molecular complexity index is 749. The quantitative estimate of drug-likeness (QED) is 0.449. The van der Waals surface area contributed by atoms with Gasteiger partial charge in [-0.1, -0.05) is 13.5 Å². The van der Waals surface area contributed by atoms with Crippen molar-refractivity contribution in [3.63, 3.8) is 0 Å². The molecule has 0 spiro atoms. The predicted molar refractivity (Wildman–Crippen MR) is 94.8 cm³/mol. The molecule has 0 amide bonds. The van der Waals surface area contributed by atoms with Gasteiger partial charge in [-0.25, -0.2) is 4.79 Å². The first-order valence-corrected chi connectivity index (χ1v) is 9.45. The smallest absolute Gasteiger partial charge is 0.334 e. The van der Waals surface area contributed by atoms with E-state index in [9.17, 15) is 29.4 Å². The van der Waals surface area contributed by atoms with E-state index in [1.807, 2.05) is 0 Å². The van der Waals surface area contributed by atoms with Crippen LogP contribution in [0.1, 0.15) is 46.5 Å². The van der Waals surface area contributed by atoms with E-state index in [2.05, 4.69) is 6.58 Å². The number of carbonyl (C=O) groups is 4. The molecule has 0 aromatic rings. The molecular weight excluding hydrogens is 368 g/mol. The first-order chi connectivity index (χ1) is 12.8. The predicted octanol–water partition coefficient (Wildman–Crippen LogP) is 0.476. The Morgan fingerprint density at radius 2 is 1.46 bits per heavy atom. The monoisotopic (exact) mass is 394 g/mol. The van der Waals surface area contributed by atoms with Crippen molar-refractivity contribution in [1.29, 1.82) is 0 Å². The van der Waals surface area contributed by atoms with Gasteiger partial charge < -0.3 is 19.7 Å². The number of ether oxygens (including phenoxy) is 2. The number of esters is 2. The summed E-state index contributed by atoms with van der Waals surface area (Å²) >= 11 is 0. The van der Waals surface area contributed by atoms with Crippen LogP contribution in [0.25, 0.3) is 0 Å². The normalized spacial score (nSPS) is 44.9. The molecule has 2 unspecified atom stereocenters. The molecule has 2 saturated heterocycles. The zero-order chi connectivity index (χ0) is 21.0. The van der Waals surface area contributed by atoms with Gasteiger partial charge in [0, 0.05) is 43.1 Å². The van der Waals surface area contributed by atoms with Gasteiger partial charge in [-0.05, 0) is 13.8 Å². The Morgan fingerprint density at radius 1 is 0.929 bits per heavy atom. The zero-order valence-corrected chi connectivity index (χ0v) is 16.3. The summed E-state index contributed by atoms with van der Waals surface area (Å²) in [7, 11) is 0. The number of carbonyl (C=O) groups excluding carboxylic acids is 4. The number of hydrogen-bond donors (Lipinski definition) is 2. The molecule has 28 heavy (non-hydrogen) atoms. The third kappa shape index (κ3) is 3.51. The number of rotatable bonds is 0. The summed E-state index contributed by atoms with van der Waals surface area (Å²) in [5.74, 6) is -1.57. The highest BCUT2D eigenvalue weighted by Gasteiger charge is 2.52. The Labute approximate surface area is 162 Å². The second kappa shape index (κ2) is 6.77. The van der Waals surface area contributed by atoms with E-state index in [0.717, 1.165) is 0 Å². The zero-order valence-electron chi connectivity index (χ0n) is 16.3. The van der Waals surface area contributed by atoms with Crippen LogP contribution in [-0.2, 0) is 28.7 Å². The number of hydrogen-bond acceptors (Lipinski definition) is 8. The number of ketones is 2. The largest absolute Gasteiger partial charge is 0.462 e. The van der Waals surface area contributed by atoms with Crippen LogP contribution in [0, 0.1) is 17.8 Å². The molecule has 2 heterocycles. The highest BCUT2D eigenvalue weighted by atomic mass is 16.6. The van der Waals surface area contributed by atoms with Crippen molar-refractivity contribution in [1.82, 2.24) is 0 Å². The van der Waals surface area contributed by atoms with Crippen molar-refractivity contribution < 1.29 is 38.9 Å². The maximum absolute atomic E-state index is 11.5. The van der Waals surface area contributed by atoms with Crippen LogP contribution in [0.2, 0.25) is 0 Å². The van der Waals surface area contributed by atoms with Gasteiger partial charge >= 0.3 is 11.9 Å². The lowest BCUT2D eigenvalue weighted by Gasteiger charge is -2.33. The van der Waals surface area contributed by atoms with Gasteiger partial charge in [0.1, 0.15) is 23.4 Å². The molecular formula is C20H26O8. The fourth-order valence-corrected chi connectivity index (χ4v) is 4.32. The van der Waals surface area contributed by atoms with E-state index < -0.39 is 17.2 Å². The Morgan fingerprint density at radius 3 is 2.07 bits per heavy atom. The van der Waals surface area contributed by atoms with E-state index in [4.69, 9.17) is 9.47 Å². The standard InChI is InChI=1S/C10H14O4.C10H12O4/c2*1-5-6-3-8(11)10(2,13)4-7(6)14-9(5)12/h5-7,13H,3-4H2,1-2H3;6-7,13H,1,3-4H2,2H3/t5-,6-,7?,10+;6-,7?,10+/m11/s1. The minimum atomic E-state index is -1.36. The van der Waals surface area contributed by atoms with Crippen LogP contribution in [0.15, 0.2) is 12.2 Å². The van der Waals surface area contributed by atoms with Crippen molar-refractivity contribution in [3.8, 4) is 0 Å². The molecule has 8 heteroatoms. The van der Waals surface area contributed by atoms with E-state index in [0.29, 0.717) is 5.57 Å². The Kier molecular flexibility index (Phi) is 5.00. The third-order valence-electron chi connectivity index (χ3n) is 6.40. The van der Waals surface area contributed by atoms with Crippen molar-refractivity contribution in [2.75, 3.05) is 0 Å². The van der Waals surface area contributed by atoms with Crippen LogP contribution >= 0.6 is 0 Å². The molecule has 2 N–H and O–H groups in total. The summed E-state index contributed by atoms with van der Waals surface area (Å²) in [5, 5.41) is 19.4. The molecule has 0 aromatic heterocycles. The van der Waals surface area contributed by atoms with E-state index in [-0.39, 0.29) is 73.2 Å². The fourth-order valence-electron chi connectivity index (χ4n) is 4.32. The fraction of sp³-hybridized carbons (Fsp3) is 0.700. The Hall–Kier alpha value is -2.06. The number of aliphatic hydroxyl groups is 2. The molecule has 0 aromatic carbocycles. The minimum Gasteiger partial charge on any atom is -0.462 e. The maximum atomic E-state index is 11.5. The van der Waals surface area contributed by atoms with Crippen LogP contribution in [0.3, 0.4) is 0 Å². The van der Waals surface area contributed by atoms with Crippen molar-refractivity contribution >= 4 is 23.5 Å². The topological polar surface area (TPSA) is 127 Å². The molecule has 8 nitrogen and oxygen atoms in total. The van der Waals surface area contributed by atoms with E-state index in [1.165, 1.54) is 13.8 Å². The highest BCUT2D eigenvalue weighted by molar-refractivity contribution is 5.95. The summed E-state index contributed by atoms with van der Waals surface area (Å²) in [6.07, 6.45) is 0.189. The van der Waals surface area contributed by atoms with Gasteiger partial charge in [-0.15, -0.1) is 0 Å². The molecule has 0 radical (unpaired) electrons. The molecule has 7 atom stereocenters. The summed E-state index contributed by atoms with van der Waals surface area (Å²) in [4.78, 5) is 45.3. The second-order valence-corrected chi connectivity index (χ2v) is 8.71. The van der Waals surface area contributed by atoms with Gasteiger partial charge in [0.25, 0.3) is 0 Å². The first-order valence-electron chi connectivity index (χ1n) is 9.45. The lowest BCUT2D eigenvalue weighted by Crippen LogP contribution is -2.47.